The predicted molar refractivity (Wildman–Crippen MR) is 39.9 cm³/mol. The van der Waals surface area contributed by atoms with Crippen molar-refractivity contribution in [3.8, 4) is 0 Å². The van der Waals surface area contributed by atoms with Crippen molar-refractivity contribution in [1.29, 1.82) is 0 Å². The lowest BCUT2D eigenvalue weighted by Gasteiger charge is -2.14. The van der Waals surface area contributed by atoms with Crippen LogP contribution < -0.4 is 0 Å². The second kappa shape index (κ2) is 2.66. The van der Waals surface area contributed by atoms with Crippen molar-refractivity contribution in [1.82, 2.24) is 0 Å². The van der Waals surface area contributed by atoms with Gasteiger partial charge in [-0.2, -0.15) is 0 Å². The Morgan fingerprint density at radius 1 is 1.82 bits per heavy atom. The van der Waals surface area contributed by atoms with Gasteiger partial charge < -0.3 is 9.84 Å². The minimum absolute atomic E-state index is 0.382. The molecule has 0 spiro atoms. The number of methoxy groups -OCH3 is 1. The molecule has 1 N–H and O–H groups in total. The van der Waals surface area contributed by atoms with Crippen molar-refractivity contribution in [2.45, 2.75) is 18.9 Å². The van der Waals surface area contributed by atoms with Crippen molar-refractivity contribution < 1.29 is 14.6 Å². The van der Waals surface area contributed by atoms with Crippen molar-refractivity contribution in [2.75, 3.05) is 7.11 Å². The zero-order valence-corrected chi connectivity index (χ0v) is 6.54. The number of aliphatic hydroxyl groups is 1. The molecule has 0 saturated heterocycles. The summed E-state index contributed by atoms with van der Waals surface area (Å²) < 4.78 is 4.40. The number of hydrogen-bond donors (Lipinski definition) is 1. The molecule has 1 unspecified atom stereocenters. The second-order valence-corrected chi connectivity index (χ2v) is 2.86. The van der Waals surface area contributed by atoms with Crippen LogP contribution in [-0.2, 0) is 9.53 Å². The van der Waals surface area contributed by atoms with Gasteiger partial charge in [0, 0.05) is 5.41 Å². The summed E-state index contributed by atoms with van der Waals surface area (Å²) in [5, 5.41) is 9.36. The molecule has 1 aliphatic carbocycles. The van der Waals surface area contributed by atoms with Gasteiger partial charge in [0.1, 0.15) is 0 Å². The van der Waals surface area contributed by atoms with E-state index >= 15 is 0 Å². The highest BCUT2D eigenvalue weighted by molar-refractivity contribution is 5.76. The second-order valence-electron chi connectivity index (χ2n) is 2.86. The molecule has 62 valence electrons. The van der Waals surface area contributed by atoms with Crippen LogP contribution in [0.1, 0.15) is 12.8 Å². The standard InChI is InChI=1S/C8H12O3/c1-3-8(4-5-8)6(9)7(10)11-2/h3,6,9H,1,4-5H2,2H3. The maximum atomic E-state index is 10.8. The van der Waals surface area contributed by atoms with E-state index in [9.17, 15) is 9.90 Å². The zero-order chi connectivity index (χ0) is 8.48. The lowest BCUT2D eigenvalue weighted by molar-refractivity contribution is -0.153. The molecule has 11 heavy (non-hydrogen) atoms. The first-order valence-electron chi connectivity index (χ1n) is 3.56. The Bertz CT molecular complexity index is 182. The fourth-order valence-corrected chi connectivity index (χ4v) is 1.08. The Kier molecular flexibility index (Phi) is 2.00. The number of rotatable bonds is 3. The zero-order valence-electron chi connectivity index (χ0n) is 6.54. The van der Waals surface area contributed by atoms with Crippen molar-refractivity contribution >= 4 is 5.97 Å². The molecule has 0 aliphatic heterocycles. The smallest absolute Gasteiger partial charge is 0.335 e. The summed E-state index contributed by atoms with van der Waals surface area (Å²) in [5.41, 5.74) is -0.382. The third kappa shape index (κ3) is 1.28. The largest absolute Gasteiger partial charge is 0.467 e. The van der Waals surface area contributed by atoms with Gasteiger partial charge in [-0.3, -0.25) is 0 Å². The fraction of sp³-hybridized carbons (Fsp3) is 0.625. The summed E-state index contributed by atoms with van der Waals surface area (Å²) >= 11 is 0. The van der Waals surface area contributed by atoms with Crippen LogP contribution in [0.2, 0.25) is 0 Å². The third-order valence-corrected chi connectivity index (χ3v) is 2.20. The molecule has 0 aromatic rings. The van der Waals surface area contributed by atoms with Gasteiger partial charge in [0.25, 0.3) is 0 Å². The van der Waals surface area contributed by atoms with E-state index in [4.69, 9.17) is 0 Å². The lowest BCUT2D eigenvalue weighted by atomic mass is 10.00. The van der Waals surface area contributed by atoms with Gasteiger partial charge in [-0.05, 0) is 12.8 Å². The van der Waals surface area contributed by atoms with Gasteiger partial charge in [0.15, 0.2) is 6.10 Å². The van der Waals surface area contributed by atoms with Gasteiger partial charge >= 0.3 is 5.97 Å². The van der Waals surface area contributed by atoms with Crippen molar-refractivity contribution in [3.63, 3.8) is 0 Å². The van der Waals surface area contributed by atoms with Crippen LogP contribution in [0.25, 0.3) is 0 Å². The molecular formula is C8H12O3. The molecule has 0 amide bonds. The van der Waals surface area contributed by atoms with Gasteiger partial charge in [-0.25, -0.2) is 4.79 Å². The number of ether oxygens (including phenoxy) is 1. The molecular weight excluding hydrogens is 144 g/mol. The van der Waals surface area contributed by atoms with E-state index < -0.39 is 12.1 Å². The first-order chi connectivity index (χ1) is 5.16. The molecule has 3 heteroatoms. The number of esters is 1. The average molecular weight is 156 g/mol. The van der Waals surface area contributed by atoms with E-state index in [-0.39, 0.29) is 5.41 Å². The van der Waals surface area contributed by atoms with E-state index in [1.54, 1.807) is 6.08 Å². The Morgan fingerprint density at radius 3 is 2.64 bits per heavy atom. The topological polar surface area (TPSA) is 46.5 Å². The minimum atomic E-state index is -1.02. The van der Waals surface area contributed by atoms with Crippen LogP contribution in [0.15, 0.2) is 12.7 Å². The first-order valence-corrected chi connectivity index (χ1v) is 3.56. The van der Waals surface area contributed by atoms with Crippen molar-refractivity contribution in [2.24, 2.45) is 5.41 Å². The Hall–Kier alpha value is -0.830. The monoisotopic (exact) mass is 156 g/mol. The summed E-state index contributed by atoms with van der Waals surface area (Å²) in [5.74, 6) is -0.567. The average Bonchev–Trinajstić information content (AvgIpc) is 2.82. The van der Waals surface area contributed by atoms with E-state index in [1.807, 2.05) is 0 Å². The Morgan fingerprint density at radius 2 is 2.36 bits per heavy atom. The Labute approximate surface area is 65.7 Å². The molecule has 0 heterocycles. The van der Waals surface area contributed by atoms with Crippen LogP contribution in [0.3, 0.4) is 0 Å². The lowest BCUT2D eigenvalue weighted by Crippen LogP contribution is -2.30. The highest BCUT2D eigenvalue weighted by atomic mass is 16.5. The summed E-state index contributed by atoms with van der Waals surface area (Å²) in [6.07, 6.45) is 2.26. The number of carbonyl (C=O) groups is 1. The van der Waals surface area contributed by atoms with Crippen LogP contribution in [0.5, 0.6) is 0 Å². The molecule has 0 aromatic heterocycles. The van der Waals surface area contributed by atoms with Gasteiger partial charge in [-0.15, -0.1) is 6.58 Å². The summed E-state index contributed by atoms with van der Waals surface area (Å²) in [7, 11) is 1.27. The molecule has 1 aliphatic rings. The number of carbonyl (C=O) groups excluding carboxylic acids is 1. The van der Waals surface area contributed by atoms with Gasteiger partial charge in [0.05, 0.1) is 7.11 Å². The van der Waals surface area contributed by atoms with Crippen LogP contribution in [0.4, 0.5) is 0 Å². The van der Waals surface area contributed by atoms with Gasteiger partial charge in [0.2, 0.25) is 0 Å². The number of hydrogen-bond acceptors (Lipinski definition) is 3. The van der Waals surface area contributed by atoms with E-state index in [0.717, 1.165) is 12.8 Å². The molecule has 0 aromatic carbocycles. The molecule has 3 nitrogen and oxygen atoms in total. The maximum absolute atomic E-state index is 10.8. The summed E-state index contributed by atoms with van der Waals surface area (Å²) in [6, 6.07) is 0. The highest BCUT2D eigenvalue weighted by Crippen LogP contribution is 2.49. The molecule has 0 radical (unpaired) electrons. The highest BCUT2D eigenvalue weighted by Gasteiger charge is 2.50. The minimum Gasteiger partial charge on any atom is -0.467 e. The van der Waals surface area contributed by atoms with Crippen LogP contribution in [-0.4, -0.2) is 24.3 Å². The quantitative estimate of drug-likeness (QED) is 0.477. The maximum Gasteiger partial charge on any atom is 0.335 e. The predicted octanol–water partition coefficient (Wildman–Crippen LogP) is 0.486. The van der Waals surface area contributed by atoms with Gasteiger partial charge in [-0.1, -0.05) is 6.08 Å². The first kappa shape index (κ1) is 8.27. The molecule has 1 rings (SSSR count). The molecule has 1 fully saturated rings. The van der Waals surface area contributed by atoms with E-state index in [0.29, 0.717) is 0 Å². The molecule has 1 saturated carbocycles. The normalized spacial score (nSPS) is 22.0. The van der Waals surface area contributed by atoms with E-state index in [1.165, 1.54) is 7.11 Å². The molecule has 0 bridgehead atoms. The molecule has 1 atom stereocenters. The Balaban J connectivity index is 2.60. The SMILES string of the molecule is C=CC1(C(O)C(=O)OC)CC1. The third-order valence-electron chi connectivity index (χ3n) is 2.20. The number of aliphatic hydroxyl groups excluding tert-OH is 1. The van der Waals surface area contributed by atoms with Crippen LogP contribution >= 0.6 is 0 Å². The summed E-state index contributed by atoms with van der Waals surface area (Å²) in [4.78, 5) is 10.8. The summed E-state index contributed by atoms with van der Waals surface area (Å²) in [6.45, 7) is 3.56. The van der Waals surface area contributed by atoms with Crippen LogP contribution in [0, 0.1) is 5.41 Å². The fourth-order valence-electron chi connectivity index (χ4n) is 1.08. The van der Waals surface area contributed by atoms with E-state index in [2.05, 4.69) is 11.3 Å². The van der Waals surface area contributed by atoms with Crippen molar-refractivity contribution in [3.05, 3.63) is 12.7 Å².